The van der Waals surface area contributed by atoms with Gasteiger partial charge in [-0.2, -0.15) is 0 Å². The lowest BCUT2D eigenvalue weighted by Gasteiger charge is -2.10. The van der Waals surface area contributed by atoms with E-state index in [4.69, 9.17) is 17.3 Å². The zero-order chi connectivity index (χ0) is 14.2. The number of halogens is 2. The van der Waals surface area contributed by atoms with Crippen LogP contribution in [0.15, 0.2) is 22.7 Å². The molecule has 0 spiro atoms. The Hall–Kier alpha value is -1.00. The summed E-state index contributed by atoms with van der Waals surface area (Å²) in [5.41, 5.74) is 8.01. The number of nitrogens with two attached hydrogens (primary N) is 1. The molecule has 1 aromatic heterocycles. The normalized spacial score (nSPS) is 11.3. The fourth-order valence-electron chi connectivity index (χ4n) is 2.06. The molecule has 2 aromatic rings. The number of anilines is 1. The molecule has 0 aliphatic heterocycles. The highest BCUT2D eigenvalue weighted by Gasteiger charge is 2.16. The van der Waals surface area contributed by atoms with Gasteiger partial charge in [-0.25, -0.2) is 4.98 Å². The highest BCUT2D eigenvalue weighted by Crippen LogP contribution is 2.34. The summed E-state index contributed by atoms with van der Waals surface area (Å²) in [5, 5.41) is 0.688. The molecule has 0 aliphatic rings. The van der Waals surface area contributed by atoms with Gasteiger partial charge in [-0.05, 0) is 25.0 Å². The zero-order valence-electron chi connectivity index (χ0n) is 11.2. The molecule has 0 unspecified atom stereocenters. The molecule has 0 radical (unpaired) electrons. The number of hydrogen-bond acceptors (Lipinski definition) is 2. The van der Waals surface area contributed by atoms with Crippen molar-refractivity contribution in [2.75, 3.05) is 5.73 Å². The van der Waals surface area contributed by atoms with Gasteiger partial charge in [0.2, 0.25) is 0 Å². The predicted molar refractivity (Wildman–Crippen MR) is 84.4 cm³/mol. The molecule has 19 heavy (non-hydrogen) atoms. The van der Waals surface area contributed by atoms with Gasteiger partial charge in [-0.15, -0.1) is 0 Å². The van der Waals surface area contributed by atoms with E-state index in [1.807, 2.05) is 25.1 Å². The summed E-state index contributed by atoms with van der Waals surface area (Å²) < 4.78 is 2.96. The van der Waals surface area contributed by atoms with Crippen molar-refractivity contribution < 1.29 is 0 Å². The topological polar surface area (TPSA) is 43.8 Å². The molecule has 0 amide bonds. The number of benzene rings is 1. The Morgan fingerprint density at radius 1 is 1.42 bits per heavy atom. The van der Waals surface area contributed by atoms with Crippen LogP contribution in [0.1, 0.15) is 19.7 Å². The van der Waals surface area contributed by atoms with Crippen LogP contribution in [0.2, 0.25) is 5.02 Å². The van der Waals surface area contributed by atoms with Crippen LogP contribution in [0.25, 0.3) is 11.3 Å². The average molecular weight is 343 g/mol. The van der Waals surface area contributed by atoms with E-state index in [-0.39, 0.29) is 0 Å². The maximum atomic E-state index is 6.24. The standard InChI is InChI=1S/C14H17BrClN3/c1-8(2)7-19-9(3)18-13(14(19)17)11-5-4-10(16)6-12(11)15/h4-6,8H,7,17H2,1-3H3. The second kappa shape index (κ2) is 5.55. The highest BCUT2D eigenvalue weighted by molar-refractivity contribution is 9.10. The third kappa shape index (κ3) is 2.95. The number of rotatable bonds is 3. The number of nitrogen functional groups attached to an aromatic ring is 1. The average Bonchev–Trinajstić information content (AvgIpc) is 2.57. The van der Waals surface area contributed by atoms with E-state index in [0.717, 1.165) is 28.1 Å². The van der Waals surface area contributed by atoms with Gasteiger partial charge >= 0.3 is 0 Å². The number of hydrogen-bond donors (Lipinski definition) is 1. The quantitative estimate of drug-likeness (QED) is 0.891. The first kappa shape index (κ1) is 14.4. The van der Waals surface area contributed by atoms with Crippen LogP contribution in [-0.2, 0) is 6.54 Å². The molecule has 0 aliphatic carbocycles. The lowest BCUT2D eigenvalue weighted by molar-refractivity contribution is 0.518. The number of aromatic nitrogens is 2. The van der Waals surface area contributed by atoms with Gasteiger partial charge in [0, 0.05) is 21.6 Å². The molecule has 5 heteroatoms. The van der Waals surface area contributed by atoms with Crippen LogP contribution in [0, 0.1) is 12.8 Å². The van der Waals surface area contributed by atoms with Crippen LogP contribution < -0.4 is 5.73 Å². The smallest absolute Gasteiger partial charge is 0.131 e. The van der Waals surface area contributed by atoms with Crippen LogP contribution in [0.3, 0.4) is 0 Å². The summed E-state index contributed by atoms with van der Waals surface area (Å²) in [6, 6.07) is 5.63. The van der Waals surface area contributed by atoms with Gasteiger partial charge in [0.1, 0.15) is 17.3 Å². The molecular weight excluding hydrogens is 326 g/mol. The SMILES string of the molecule is Cc1nc(-c2ccc(Cl)cc2Br)c(N)n1CC(C)C. The van der Waals surface area contributed by atoms with Crippen molar-refractivity contribution in [1.82, 2.24) is 9.55 Å². The van der Waals surface area contributed by atoms with Crippen molar-refractivity contribution in [3.8, 4) is 11.3 Å². The second-order valence-electron chi connectivity index (χ2n) is 5.02. The van der Waals surface area contributed by atoms with E-state index in [1.165, 1.54) is 0 Å². The minimum absolute atomic E-state index is 0.525. The minimum Gasteiger partial charge on any atom is -0.383 e. The van der Waals surface area contributed by atoms with Crippen molar-refractivity contribution in [3.05, 3.63) is 33.5 Å². The molecule has 1 aromatic carbocycles. The maximum Gasteiger partial charge on any atom is 0.131 e. The summed E-state index contributed by atoms with van der Waals surface area (Å²) >= 11 is 9.48. The van der Waals surface area contributed by atoms with Crippen molar-refractivity contribution in [3.63, 3.8) is 0 Å². The summed E-state index contributed by atoms with van der Waals surface area (Å²) in [4.78, 5) is 4.59. The maximum absolute atomic E-state index is 6.24. The lowest BCUT2D eigenvalue weighted by atomic mass is 10.1. The summed E-state index contributed by atoms with van der Waals surface area (Å²) in [6.07, 6.45) is 0. The van der Waals surface area contributed by atoms with Crippen molar-refractivity contribution in [2.24, 2.45) is 5.92 Å². The van der Waals surface area contributed by atoms with Crippen LogP contribution in [0.4, 0.5) is 5.82 Å². The second-order valence-corrected chi connectivity index (χ2v) is 6.31. The number of nitrogens with zero attached hydrogens (tertiary/aromatic N) is 2. The van der Waals surface area contributed by atoms with E-state index in [0.29, 0.717) is 16.8 Å². The van der Waals surface area contributed by atoms with Crippen molar-refractivity contribution in [1.29, 1.82) is 0 Å². The van der Waals surface area contributed by atoms with E-state index >= 15 is 0 Å². The fraction of sp³-hybridized carbons (Fsp3) is 0.357. The van der Waals surface area contributed by atoms with E-state index in [2.05, 4.69) is 39.3 Å². The molecule has 102 valence electrons. The molecule has 0 saturated carbocycles. The Labute approximate surface area is 126 Å². The molecule has 0 bridgehead atoms. The first-order valence-corrected chi connectivity index (χ1v) is 7.35. The van der Waals surface area contributed by atoms with Gasteiger partial charge in [0.25, 0.3) is 0 Å². The van der Waals surface area contributed by atoms with Crippen molar-refractivity contribution in [2.45, 2.75) is 27.3 Å². The van der Waals surface area contributed by atoms with E-state index in [9.17, 15) is 0 Å². The van der Waals surface area contributed by atoms with Gasteiger partial charge in [-0.3, -0.25) is 0 Å². The molecule has 2 rings (SSSR count). The highest BCUT2D eigenvalue weighted by atomic mass is 79.9. The molecule has 1 heterocycles. The largest absolute Gasteiger partial charge is 0.383 e. The fourth-order valence-corrected chi connectivity index (χ4v) is 2.93. The number of aryl methyl sites for hydroxylation is 1. The summed E-state index contributed by atoms with van der Waals surface area (Å²) in [5.74, 6) is 2.16. The molecule has 0 fully saturated rings. The zero-order valence-corrected chi connectivity index (χ0v) is 13.6. The molecular formula is C14H17BrClN3. The molecule has 0 atom stereocenters. The van der Waals surface area contributed by atoms with Gasteiger partial charge in [0.15, 0.2) is 0 Å². The first-order chi connectivity index (χ1) is 8.90. The monoisotopic (exact) mass is 341 g/mol. The third-order valence-corrected chi connectivity index (χ3v) is 3.82. The lowest BCUT2D eigenvalue weighted by Crippen LogP contribution is -2.09. The number of imidazole rings is 1. The van der Waals surface area contributed by atoms with Crippen LogP contribution >= 0.6 is 27.5 Å². The van der Waals surface area contributed by atoms with Gasteiger partial charge in [0.05, 0.1) is 0 Å². The van der Waals surface area contributed by atoms with E-state index in [1.54, 1.807) is 0 Å². The Bertz CT molecular complexity index is 605. The third-order valence-electron chi connectivity index (χ3n) is 2.93. The Kier molecular flexibility index (Phi) is 4.21. The van der Waals surface area contributed by atoms with Crippen LogP contribution in [-0.4, -0.2) is 9.55 Å². The minimum atomic E-state index is 0.525. The van der Waals surface area contributed by atoms with Gasteiger partial charge < -0.3 is 10.3 Å². The predicted octanol–water partition coefficient (Wildman–Crippen LogP) is 4.51. The molecule has 3 nitrogen and oxygen atoms in total. The Morgan fingerprint density at radius 2 is 2.11 bits per heavy atom. The first-order valence-electron chi connectivity index (χ1n) is 6.18. The summed E-state index contributed by atoms with van der Waals surface area (Å²) in [6.45, 7) is 7.18. The Balaban J connectivity index is 2.51. The van der Waals surface area contributed by atoms with Crippen molar-refractivity contribution >= 4 is 33.3 Å². The molecule has 2 N–H and O–H groups in total. The van der Waals surface area contributed by atoms with Gasteiger partial charge in [-0.1, -0.05) is 47.4 Å². The Morgan fingerprint density at radius 3 is 2.68 bits per heavy atom. The van der Waals surface area contributed by atoms with Crippen LogP contribution in [0.5, 0.6) is 0 Å². The molecule has 0 saturated heterocycles. The summed E-state index contributed by atoms with van der Waals surface area (Å²) in [7, 11) is 0. The van der Waals surface area contributed by atoms with E-state index < -0.39 is 0 Å².